The largest absolute Gasteiger partial charge is 0.478 e. The van der Waals surface area contributed by atoms with Crippen LogP contribution in [-0.4, -0.2) is 31.8 Å². The lowest BCUT2D eigenvalue weighted by atomic mass is 10.2. The number of benzene rings is 1. The molecule has 0 heterocycles. The third-order valence-electron chi connectivity index (χ3n) is 2.74. The van der Waals surface area contributed by atoms with Crippen LogP contribution in [0.15, 0.2) is 24.3 Å². The van der Waals surface area contributed by atoms with Crippen LogP contribution in [0, 0.1) is 5.82 Å². The summed E-state index contributed by atoms with van der Waals surface area (Å²) in [6.07, 6.45) is 0.542. The standard InChI is InChI=1S/C15H22FNO3/c1-3-13(15(18)17-10-7-11-19-4-2)20-14-9-6-5-8-12(14)16/h5-6,8-9,13H,3-4,7,10-11H2,1-2H3,(H,17,18)/t13-/m1/s1. The van der Waals surface area contributed by atoms with Crippen LogP contribution in [0.4, 0.5) is 4.39 Å². The minimum Gasteiger partial charge on any atom is -0.478 e. The Morgan fingerprint density at radius 2 is 2.10 bits per heavy atom. The summed E-state index contributed by atoms with van der Waals surface area (Å²) in [5.41, 5.74) is 0. The monoisotopic (exact) mass is 283 g/mol. The number of ether oxygens (including phenoxy) is 2. The number of carbonyl (C=O) groups excluding carboxylic acids is 1. The van der Waals surface area contributed by atoms with Gasteiger partial charge in [0.15, 0.2) is 17.7 Å². The summed E-state index contributed by atoms with van der Waals surface area (Å²) in [5, 5.41) is 2.77. The number of hydrogen-bond donors (Lipinski definition) is 1. The van der Waals surface area contributed by atoms with E-state index in [0.717, 1.165) is 6.42 Å². The summed E-state index contributed by atoms with van der Waals surface area (Å²) in [6.45, 7) is 5.55. The molecule has 0 spiro atoms. The van der Waals surface area contributed by atoms with Crippen LogP contribution in [0.1, 0.15) is 26.7 Å². The first kappa shape index (κ1) is 16.4. The van der Waals surface area contributed by atoms with Gasteiger partial charge in [-0.3, -0.25) is 4.79 Å². The fourth-order valence-electron chi connectivity index (χ4n) is 1.66. The van der Waals surface area contributed by atoms with Crippen molar-refractivity contribution in [2.24, 2.45) is 0 Å². The fourth-order valence-corrected chi connectivity index (χ4v) is 1.66. The highest BCUT2D eigenvalue weighted by Gasteiger charge is 2.19. The smallest absolute Gasteiger partial charge is 0.261 e. The summed E-state index contributed by atoms with van der Waals surface area (Å²) in [5.74, 6) is -0.592. The van der Waals surface area contributed by atoms with E-state index in [-0.39, 0.29) is 11.7 Å². The Labute approximate surface area is 119 Å². The van der Waals surface area contributed by atoms with Crippen molar-refractivity contribution in [2.45, 2.75) is 32.8 Å². The zero-order chi connectivity index (χ0) is 14.8. The van der Waals surface area contributed by atoms with Crippen LogP contribution >= 0.6 is 0 Å². The highest BCUT2D eigenvalue weighted by molar-refractivity contribution is 5.81. The van der Waals surface area contributed by atoms with Crippen molar-refractivity contribution in [3.8, 4) is 5.75 Å². The molecule has 0 saturated heterocycles. The molecular weight excluding hydrogens is 261 g/mol. The molecule has 0 aliphatic carbocycles. The highest BCUT2D eigenvalue weighted by atomic mass is 19.1. The number of hydrogen-bond acceptors (Lipinski definition) is 3. The van der Waals surface area contributed by atoms with Crippen LogP contribution < -0.4 is 10.1 Å². The zero-order valence-corrected chi connectivity index (χ0v) is 12.0. The molecule has 1 amide bonds. The molecule has 0 aromatic heterocycles. The zero-order valence-electron chi connectivity index (χ0n) is 12.0. The van der Waals surface area contributed by atoms with Gasteiger partial charge in [-0.1, -0.05) is 19.1 Å². The second-order valence-electron chi connectivity index (χ2n) is 4.29. The Kier molecular flexibility index (Phi) is 7.65. The molecule has 0 aliphatic rings. The van der Waals surface area contributed by atoms with Gasteiger partial charge < -0.3 is 14.8 Å². The molecule has 0 radical (unpaired) electrons. The maximum Gasteiger partial charge on any atom is 0.261 e. The van der Waals surface area contributed by atoms with Crippen molar-refractivity contribution >= 4 is 5.91 Å². The average Bonchev–Trinajstić information content (AvgIpc) is 2.46. The van der Waals surface area contributed by atoms with Crippen molar-refractivity contribution in [1.82, 2.24) is 5.32 Å². The average molecular weight is 283 g/mol. The third-order valence-corrected chi connectivity index (χ3v) is 2.74. The lowest BCUT2D eigenvalue weighted by Gasteiger charge is -2.17. The predicted molar refractivity (Wildman–Crippen MR) is 75.2 cm³/mol. The summed E-state index contributed by atoms with van der Waals surface area (Å²) in [6, 6.07) is 6.07. The molecule has 20 heavy (non-hydrogen) atoms. The summed E-state index contributed by atoms with van der Waals surface area (Å²) in [4.78, 5) is 11.9. The van der Waals surface area contributed by atoms with Crippen LogP contribution in [0.2, 0.25) is 0 Å². The molecule has 0 aliphatic heterocycles. The first-order valence-corrected chi connectivity index (χ1v) is 6.95. The van der Waals surface area contributed by atoms with E-state index in [1.807, 2.05) is 13.8 Å². The molecule has 0 bridgehead atoms. The number of carbonyl (C=O) groups is 1. The van der Waals surface area contributed by atoms with E-state index in [9.17, 15) is 9.18 Å². The molecule has 0 unspecified atom stereocenters. The van der Waals surface area contributed by atoms with E-state index in [1.165, 1.54) is 12.1 Å². The highest BCUT2D eigenvalue weighted by Crippen LogP contribution is 2.18. The quantitative estimate of drug-likeness (QED) is 0.708. The Bertz CT molecular complexity index is 412. The molecule has 1 atom stereocenters. The first-order chi connectivity index (χ1) is 9.69. The van der Waals surface area contributed by atoms with Gasteiger partial charge in [0, 0.05) is 19.8 Å². The molecule has 0 fully saturated rings. The summed E-state index contributed by atoms with van der Waals surface area (Å²) < 4.78 is 24.1. The Balaban J connectivity index is 2.41. The van der Waals surface area contributed by atoms with Crippen molar-refractivity contribution < 1.29 is 18.7 Å². The normalized spacial score (nSPS) is 11.9. The van der Waals surface area contributed by atoms with Gasteiger partial charge in [0.2, 0.25) is 0 Å². The van der Waals surface area contributed by atoms with Crippen molar-refractivity contribution in [1.29, 1.82) is 0 Å². The van der Waals surface area contributed by atoms with E-state index in [1.54, 1.807) is 12.1 Å². The van der Waals surface area contributed by atoms with Crippen LogP contribution in [0.5, 0.6) is 5.75 Å². The van der Waals surface area contributed by atoms with Gasteiger partial charge in [-0.15, -0.1) is 0 Å². The Morgan fingerprint density at radius 1 is 1.35 bits per heavy atom. The van der Waals surface area contributed by atoms with Gasteiger partial charge in [0.25, 0.3) is 5.91 Å². The van der Waals surface area contributed by atoms with Crippen molar-refractivity contribution in [3.05, 3.63) is 30.1 Å². The Morgan fingerprint density at radius 3 is 2.75 bits per heavy atom. The topological polar surface area (TPSA) is 47.6 Å². The lowest BCUT2D eigenvalue weighted by Crippen LogP contribution is -2.38. The molecule has 5 heteroatoms. The maximum atomic E-state index is 13.5. The molecule has 112 valence electrons. The molecule has 1 aromatic rings. The maximum absolute atomic E-state index is 13.5. The number of rotatable bonds is 9. The van der Waals surface area contributed by atoms with E-state index in [4.69, 9.17) is 9.47 Å². The summed E-state index contributed by atoms with van der Waals surface area (Å²) >= 11 is 0. The lowest BCUT2D eigenvalue weighted by molar-refractivity contribution is -0.128. The van der Waals surface area contributed by atoms with Gasteiger partial charge in [-0.25, -0.2) is 4.39 Å². The minimum absolute atomic E-state index is 0.101. The van der Waals surface area contributed by atoms with Crippen LogP contribution in [0.25, 0.3) is 0 Å². The van der Waals surface area contributed by atoms with Gasteiger partial charge in [0.05, 0.1) is 0 Å². The first-order valence-electron chi connectivity index (χ1n) is 6.95. The van der Waals surface area contributed by atoms with Crippen molar-refractivity contribution in [2.75, 3.05) is 19.8 Å². The second kappa shape index (κ2) is 9.31. The third kappa shape index (κ3) is 5.57. The Hall–Kier alpha value is -1.62. The number of halogens is 1. The predicted octanol–water partition coefficient (Wildman–Crippen LogP) is 2.53. The number of amides is 1. The van der Waals surface area contributed by atoms with Gasteiger partial charge in [-0.05, 0) is 31.9 Å². The van der Waals surface area contributed by atoms with Gasteiger partial charge >= 0.3 is 0 Å². The van der Waals surface area contributed by atoms with E-state index < -0.39 is 11.9 Å². The fraction of sp³-hybridized carbons (Fsp3) is 0.533. The van der Waals surface area contributed by atoms with Crippen LogP contribution in [0.3, 0.4) is 0 Å². The molecule has 1 rings (SSSR count). The van der Waals surface area contributed by atoms with Gasteiger partial charge in [-0.2, -0.15) is 0 Å². The van der Waals surface area contributed by atoms with E-state index in [0.29, 0.717) is 26.2 Å². The van der Waals surface area contributed by atoms with E-state index in [2.05, 4.69) is 5.32 Å². The molecule has 1 N–H and O–H groups in total. The van der Waals surface area contributed by atoms with Gasteiger partial charge in [0.1, 0.15) is 0 Å². The SMILES string of the molecule is CCOCCCNC(=O)[C@@H](CC)Oc1ccccc1F. The second-order valence-corrected chi connectivity index (χ2v) is 4.29. The van der Waals surface area contributed by atoms with Crippen molar-refractivity contribution in [3.63, 3.8) is 0 Å². The van der Waals surface area contributed by atoms with Crippen LogP contribution in [-0.2, 0) is 9.53 Å². The molecule has 0 saturated carbocycles. The number of nitrogens with one attached hydrogen (secondary N) is 1. The molecular formula is C15H22FNO3. The van der Waals surface area contributed by atoms with E-state index >= 15 is 0 Å². The molecule has 4 nitrogen and oxygen atoms in total. The number of para-hydroxylation sites is 1. The summed E-state index contributed by atoms with van der Waals surface area (Å²) in [7, 11) is 0. The molecule has 1 aromatic carbocycles. The minimum atomic E-state index is -0.681.